The van der Waals surface area contributed by atoms with Crippen molar-refractivity contribution in [1.29, 1.82) is 0 Å². The van der Waals surface area contributed by atoms with E-state index in [0.29, 0.717) is 24.9 Å². The van der Waals surface area contributed by atoms with Gasteiger partial charge in [-0.3, -0.25) is 4.79 Å². The number of hydrogen-bond acceptors (Lipinski definition) is 2. The van der Waals surface area contributed by atoms with Gasteiger partial charge in [0.15, 0.2) is 0 Å². The number of halogens is 2. The number of carbonyl (C=O) groups is 1. The summed E-state index contributed by atoms with van der Waals surface area (Å²) >= 11 is 0. The summed E-state index contributed by atoms with van der Waals surface area (Å²) in [7, 11) is 0. The first-order chi connectivity index (χ1) is 9.02. The Labute approximate surface area is 112 Å². The van der Waals surface area contributed by atoms with E-state index in [-0.39, 0.29) is 5.91 Å². The van der Waals surface area contributed by atoms with E-state index in [4.69, 9.17) is 5.73 Å². The fourth-order valence-corrected chi connectivity index (χ4v) is 1.77. The Hall–Kier alpha value is -1.49. The van der Waals surface area contributed by atoms with Crippen molar-refractivity contribution in [3.8, 4) is 0 Å². The van der Waals surface area contributed by atoms with Crippen LogP contribution in [-0.2, 0) is 11.2 Å². The molecular formula is C14H20F2N2O. The van der Waals surface area contributed by atoms with Gasteiger partial charge >= 0.3 is 0 Å². The number of nitrogens with two attached hydrogens (primary N) is 1. The first-order valence-electron chi connectivity index (χ1n) is 6.51. The number of unbranched alkanes of at least 4 members (excludes halogenated alkanes) is 1. The molecule has 0 radical (unpaired) electrons. The first-order valence-corrected chi connectivity index (χ1v) is 6.51. The van der Waals surface area contributed by atoms with Crippen LogP contribution in [0.15, 0.2) is 18.2 Å². The van der Waals surface area contributed by atoms with E-state index in [9.17, 15) is 13.6 Å². The predicted octanol–water partition coefficient (Wildman–Crippen LogP) is 2.14. The number of amides is 1. The highest BCUT2D eigenvalue weighted by Gasteiger charge is 2.11. The minimum absolute atomic E-state index is 0.217. The summed E-state index contributed by atoms with van der Waals surface area (Å²) in [4.78, 5) is 11.6. The molecule has 3 nitrogen and oxygen atoms in total. The van der Waals surface area contributed by atoms with E-state index in [0.717, 1.165) is 18.9 Å². The van der Waals surface area contributed by atoms with Gasteiger partial charge in [-0.25, -0.2) is 8.78 Å². The second-order valence-electron chi connectivity index (χ2n) is 4.57. The van der Waals surface area contributed by atoms with Crippen molar-refractivity contribution in [1.82, 2.24) is 5.32 Å². The molecule has 3 N–H and O–H groups in total. The lowest BCUT2D eigenvalue weighted by Crippen LogP contribution is -2.41. The molecule has 0 aliphatic heterocycles. The van der Waals surface area contributed by atoms with Crippen molar-refractivity contribution < 1.29 is 13.6 Å². The van der Waals surface area contributed by atoms with Crippen molar-refractivity contribution in [2.45, 2.75) is 38.6 Å². The van der Waals surface area contributed by atoms with Crippen molar-refractivity contribution in [3.63, 3.8) is 0 Å². The zero-order valence-corrected chi connectivity index (χ0v) is 11.1. The standard InChI is InChI=1S/C14H20F2N2O/c1-2-3-4-13(17)14(19)18-6-5-10-7-11(15)9-12(16)8-10/h7-9,13H,2-6,17H2,1H3,(H,18,19)/t13-/m0/s1. The van der Waals surface area contributed by atoms with Crippen LogP contribution in [-0.4, -0.2) is 18.5 Å². The largest absolute Gasteiger partial charge is 0.354 e. The van der Waals surface area contributed by atoms with Gasteiger partial charge in [-0.15, -0.1) is 0 Å². The first kappa shape index (κ1) is 15.6. The smallest absolute Gasteiger partial charge is 0.236 e. The topological polar surface area (TPSA) is 55.1 Å². The molecule has 0 saturated carbocycles. The summed E-state index contributed by atoms with van der Waals surface area (Å²) in [6.07, 6.45) is 2.92. The Morgan fingerprint density at radius 1 is 1.32 bits per heavy atom. The summed E-state index contributed by atoms with van der Waals surface area (Å²) in [5, 5.41) is 2.67. The molecule has 0 aliphatic carbocycles. The monoisotopic (exact) mass is 270 g/mol. The molecule has 0 aliphatic rings. The van der Waals surface area contributed by atoms with Crippen molar-refractivity contribution >= 4 is 5.91 Å². The van der Waals surface area contributed by atoms with Crippen molar-refractivity contribution in [2.75, 3.05) is 6.54 Å². The van der Waals surface area contributed by atoms with Crippen LogP contribution in [0.2, 0.25) is 0 Å². The maximum Gasteiger partial charge on any atom is 0.236 e. The summed E-state index contributed by atoms with van der Waals surface area (Å²) in [5.74, 6) is -1.44. The van der Waals surface area contributed by atoms with Crippen LogP contribution in [0.3, 0.4) is 0 Å². The fourth-order valence-electron chi connectivity index (χ4n) is 1.77. The van der Waals surface area contributed by atoms with E-state index in [1.165, 1.54) is 12.1 Å². The zero-order valence-electron chi connectivity index (χ0n) is 11.1. The lowest BCUT2D eigenvalue weighted by molar-refractivity contribution is -0.122. The maximum absolute atomic E-state index is 12.9. The van der Waals surface area contributed by atoms with Crippen LogP contribution in [0, 0.1) is 11.6 Å². The quantitative estimate of drug-likeness (QED) is 0.797. The molecule has 0 unspecified atom stereocenters. The maximum atomic E-state index is 12.9. The third kappa shape index (κ3) is 5.79. The zero-order chi connectivity index (χ0) is 14.3. The summed E-state index contributed by atoms with van der Waals surface area (Å²) in [6, 6.07) is 2.82. The Morgan fingerprint density at radius 2 is 1.95 bits per heavy atom. The fraction of sp³-hybridized carbons (Fsp3) is 0.500. The molecule has 1 atom stereocenters. The van der Waals surface area contributed by atoms with Gasteiger partial charge in [-0.05, 0) is 30.5 Å². The molecule has 0 spiro atoms. The van der Waals surface area contributed by atoms with Gasteiger partial charge in [0.05, 0.1) is 6.04 Å². The van der Waals surface area contributed by atoms with Gasteiger partial charge < -0.3 is 11.1 Å². The highest BCUT2D eigenvalue weighted by atomic mass is 19.1. The SMILES string of the molecule is CCCC[C@H](N)C(=O)NCCc1cc(F)cc(F)c1. The van der Waals surface area contributed by atoms with Gasteiger partial charge in [0, 0.05) is 12.6 Å². The van der Waals surface area contributed by atoms with Crippen LogP contribution in [0.25, 0.3) is 0 Å². The molecule has 0 saturated heterocycles. The number of benzene rings is 1. The molecule has 1 aromatic rings. The van der Waals surface area contributed by atoms with Gasteiger partial charge in [-0.2, -0.15) is 0 Å². The Bertz CT molecular complexity index is 404. The van der Waals surface area contributed by atoms with Gasteiger partial charge in [0.1, 0.15) is 11.6 Å². The molecule has 0 bridgehead atoms. The lowest BCUT2D eigenvalue weighted by Gasteiger charge is -2.11. The van der Waals surface area contributed by atoms with Crippen LogP contribution in [0.5, 0.6) is 0 Å². The van der Waals surface area contributed by atoms with Gasteiger partial charge in [0.25, 0.3) is 0 Å². The molecule has 0 heterocycles. The number of hydrogen-bond donors (Lipinski definition) is 2. The molecule has 1 amide bonds. The highest BCUT2D eigenvalue weighted by Crippen LogP contribution is 2.08. The second kappa shape index (κ2) is 7.84. The third-order valence-corrected chi connectivity index (χ3v) is 2.84. The minimum Gasteiger partial charge on any atom is -0.354 e. The number of rotatable bonds is 7. The van der Waals surface area contributed by atoms with E-state index in [1.54, 1.807) is 0 Å². The molecule has 5 heteroatoms. The average molecular weight is 270 g/mol. The lowest BCUT2D eigenvalue weighted by atomic mass is 10.1. The van der Waals surface area contributed by atoms with Crippen LogP contribution in [0.1, 0.15) is 31.7 Å². The minimum atomic E-state index is -0.610. The average Bonchev–Trinajstić information content (AvgIpc) is 2.34. The Kier molecular flexibility index (Phi) is 6.42. The van der Waals surface area contributed by atoms with E-state index >= 15 is 0 Å². The van der Waals surface area contributed by atoms with Crippen molar-refractivity contribution in [2.24, 2.45) is 5.73 Å². The molecule has 106 valence electrons. The summed E-state index contributed by atoms with van der Waals surface area (Å²) in [6.45, 7) is 2.35. The summed E-state index contributed by atoms with van der Waals surface area (Å²) < 4.78 is 25.9. The molecule has 1 rings (SSSR count). The Balaban J connectivity index is 2.35. The molecule has 0 aromatic heterocycles. The van der Waals surface area contributed by atoms with Gasteiger partial charge in [-0.1, -0.05) is 19.8 Å². The molecular weight excluding hydrogens is 250 g/mol. The van der Waals surface area contributed by atoms with Crippen LogP contribution in [0.4, 0.5) is 8.78 Å². The van der Waals surface area contributed by atoms with Gasteiger partial charge in [0.2, 0.25) is 5.91 Å². The third-order valence-electron chi connectivity index (χ3n) is 2.84. The normalized spacial score (nSPS) is 12.2. The van der Waals surface area contributed by atoms with E-state index < -0.39 is 17.7 Å². The van der Waals surface area contributed by atoms with Crippen LogP contribution >= 0.6 is 0 Å². The summed E-state index contributed by atoms with van der Waals surface area (Å²) in [5.41, 5.74) is 6.21. The highest BCUT2D eigenvalue weighted by molar-refractivity contribution is 5.81. The second-order valence-corrected chi connectivity index (χ2v) is 4.57. The Morgan fingerprint density at radius 3 is 2.53 bits per heavy atom. The van der Waals surface area contributed by atoms with Crippen molar-refractivity contribution in [3.05, 3.63) is 35.4 Å². The molecule has 1 aromatic carbocycles. The van der Waals surface area contributed by atoms with Crippen LogP contribution < -0.4 is 11.1 Å². The molecule has 0 fully saturated rings. The number of nitrogens with one attached hydrogen (secondary N) is 1. The van der Waals surface area contributed by atoms with E-state index in [1.807, 2.05) is 6.92 Å². The van der Waals surface area contributed by atoms with E-state index in [2.05, 4.69) is 5.32 Å². The molecule has 19 heavy (non-hydrogen) atoms. The number of carbonyl (C=O) groups excluding carboxylic acids is 1. The predicted molar refractivity (Wildman–Crippen MR) is 70.6 cm³/mol.